The lowest BCUT2D eigenvalue weighted by atomic mass is 10.1. The van der Waals surface area contributed by atoms with Crippen LogP contribution in [0.4, 0.5) is 19.0 Å². The monoisotopic (exact) mass is 549 g/mol. The fraction of sp³-hybridized carbons (Fsp3) is 0.346. The Morgan fingerprint density at radius 2 is 1.76 bits per heavy atom. The van der Waals surface area contributed by atoms with Crippen molar-refractivity contribution in [3.63, 3.8) is 0 Å². The Morgan fingerprint density at radius 1 is 1.03 bits per heavy atom. The van der Waals surface area contributed by atoms with E-state index < -0.39 is 11.7 Å². The maximum absolute atomic E-state index is 12.9. The number of aromatic nitrogens is 2. The third kappa shape index (κ3) is 7.59. The van der Waals surface area contributed by atoms with E-state index in [9.17, 15) is 18.0 Å². The molecular formula is C26H27ClF3N5OS. The molecule has 11 heteroatoms. The van der Waals surface area contributed by atoms with Crippen LogP contribution in [0.3, 0.4) is 0 Å². The third-order valence-electron chi connectivity index (χ3n) is 6.10. The number of alkyl halides is 3. The Morgan fingerprint density at radius 3 is 2.43 bits per heavy atom. The molecule has 37 heavy (non-hydrogen) atoms. The van der Waals surface area contributed by atoms with Crippen LogP contribution in [0, 0.1) is 0 Å². The molecular weight excluding hydrogens is 523 g/mol. The number of benzene rings is 2. The van der Waals surface area contributed by atoms with E-state index in [0.29, 0.717) is 27.2 Å². The van der Waals surface area contributed by atoms with E-state index in [-0.39, 0.29) is 12.5 Å². The quantitative estimate of drug-likeness (QED) is 0.227. The van der Waals surface area contributed by atoms with E-state index in [2.05, 4.69) is 32.0 Å². The van der Waals surface area contributed by atoms with Gasteiger partial charge in [-0.2, -0.15) is 13.2 Å². The number of anilines is 1. The summed E-state index contributed by atoms with van der Waals surface area (Å²) in [6.45, 7) is 6.95. The molecule has 0 atom stereocenters. The summed E-state index contributed by atoms with van der Waals surface area (Å²) in [5.41, 5.74) is 1.04. The molecule has 1 amide bonds. The lowest BCUT2D eigenvalue weighted by molar-refractivity contribution is -0.137. The number of rotatable bonds is 8. The highest BCUT2D eigenvalue weighted by Crippen LogP contribution is 2.29. The molecule has 1 aliphatic rings. The molecule has 1 N–H and O–H groups in total. The minimum Gasteiger partial charge on any atom is -0.354 e. The molecule has 1 saturated heterocycles. The van der Waals surface area contributed by atoms with Crippen LogP contribution in [0.1, 0.15) is 34.0 Å². The minimum absolute atomic E-state index is 0.00227. The molecule has 6 nitrogen and oxygen atoms in total. The van der Waals surface area contributed by atoms with E-state index in [1.165, 1.54) is 17.8 Å². The van der Waals surface area contributed by atoms with Gasteiger partial charge in [-0.3, -0.25) is 4.79 Å². The Kier molecular flexibility index (Phi) is 8.94. The number of carbonyl (C=O) groups excluding carboxylic acids is 1. The molecule has 3 aromatic rings. The number of hydrogen-bond acceptors (Lipinski definition) is 6. The molecule has 4 rings (SSSR count). The minimum atomic E-state index is -4.42. The topological polar surface area (TPSA) is 61.4 Å². The predicted octanol–water partition coefficient (Wildman–Crippen LogP) is 5.51. The van der Waals surface area contributed by atoms with E-state index in [0.717, 1.165) is 56.2 Å². The number of halogens is 4. The zero-order valence-electron chi connectivity index (χ0n) is 20.3. The molecule has 0 bridgehead atoms. The number of nitrogens with one attached hydrogen (secondary N) is 1. The van der Waals surface area contributed by atoms with Crippen molar-refractivity contribution in [3.05, 3.63) is 82.0 Å². The summed E-state index contributed by atoms with van der Waals surface area (Å²) < 4.78 is 38.7. The van der Waals surface area contributed by atoms with Gasteiger partial charge in [0.1, 0.15) is 11.0 Å². The summed E-state index contributed by atoms with van der Waals surface area (Å²) in [4.78, 5) is 26.1. The highest BCUT2D eigenvalue weighted by Gasteiger charge is 2.30. The van der Waals surface area contributed by atoms with Crippen molar-refractivity contribution in [2.75, 3.05) is 37.6 Å². The molecule has 1 aromatic heterocycles. The van der Waals surface area contributed by atoms with Gasteiger partial charge in [-0.1, -0.05) is 54.6 Å². The van der Waals surface area contributed by atoms with E-state index in [4.69, 9.17) is 11.6 Å². The molecule has 1 fully saturated rings. The molecule has 2 aromatic carbocycles. The standard InChI is InChI=1S/C26H27ClF3N5OS/c1-2-34-10-12-35(13-11-34)23-15-22(27)32-25(33-23)37-17-18-6-8-20(9-7-18)24(36)31-16-19-4-3-5-21(14-19)26(28,29)30/h3-9,14-15H,2,10-13,16-17H2,1H3,(H,31,36). The number of amides is 1. The van der Waals surface area contributed by atoms with E-state index >= 15 is 0 Å². The highest BCUT2D eigenvalue weighted by atomic mass is 35.5. The molecule has 196 valence electrons. The van der Waals surface area contributed by atoms with Crippen molar-refractivity contribution < 1.29 is 18.0 Å². The zero-order chi connectivity index (χ0) is 26.4. The van der Waals surface area contributed by atoms with E-state index in [1.807, 2.05) is 12.1 Å². The Labute approximate surface area is 223 Å². The average molecular weight is 550 g/mol. The van der Waals surface area contributed by atoms with Gasteiger partial charge in [0.05, 0.1) is 5.56 Å². The van der Waals surface area contributed by atoms with Crippen LogP contribution in [-0.2, 0) is 18.5 Å². The molecule has 0 radical (unpaired) electrons. The second-order valence-electron chi connectivity index (χ2n) is 8.62. The molecule has 0 aliphatic carbocycles. The van der Waals surface area contributed by atoms with Crippen LogP contribution in [0.25, 0.3) is 0 Å². The van der Waals surface area contributed by atoms with Crippen LogP contribution in [-0.4, -0.2) is 53.5 Å². The first kappa shape index (κ1) is 27.2. The summed E-state index contributed by atoms with van der Waals surface area (Å²) in [5, 5.41) is 3.65. The van der Waals surface area contributed by atoms with Crippen molar-refractivity contribution in [2.24, 2.45) is 0 Å². The van der Waals surface area contributed by atoms with E-state index in [1.54, 1.807) is 24.3 Å². The van der Waals surface area contributed by atoms with Gasteiger partial charge in [0.15, 0.2) is 5.16 Å². The third-order valence-corrected chi connectivity index (χ3v) is 7.21. The van der Waals surface area contributed by atoms with Gasteiger partial charge in [-0.25, -0.2) is 9.97 Å². The van der Waals surface area contributed by atoms with Crippen LogP contribution in [0.15, 0.2) is 59.8 Å². The van der Waals surface area contributed by atoms with Crippen molar-refractivity contribution in [2.45, 2.75) is 30.6 Å². The Bertz CT molecular complexity index is 1220. The number of carbonyl (C=O) groups is 1. The summed E-state index contributed by atoms with van der Waals surface area (Å²) in [7, 11) is 0. The largest absolute Gasteiger partial charge is 0.416 e. The summed E-state index contributed by atoms with van der Waals surface area (Å²) in [6.07, 6.45) is -4.42. The Hall–Kier alpha value is -2.82. The molecule has 0 unspecified atom stereocenters. The summed E-state index contributed by atoms with van der Waals surface area (Å²) in [6, 6.07) is 13.8. The fourth-order valence-corrected chi connectivity index (χ4v) is 4.98. The van der Waals surface area contributed by atoms with Crippen molar-refractivity contribution in [1.82, 2.24) is 20.2 Å². The smallest absolute Gasteiger partial charge is 0.354 e. The first-order valence-electron chi connectivity index (χ1n) is 11.9. The van der Waals surface area contributed by atoms with Crippen molar-refractivity contribution >= 4 is 35.1 Å². The lowest BCUT2D eigenvalue weighted by Crippen LogP contribution is -2.46. The maximum Gasteiger partial charge on any atom is 0.416 e. The Balaban J connectivity index is 1.31. The molecule has 0 spiro atoms. The second kappa shape index (κ2) is 12.1. The van der Waals surface area contributed by atoms with Gasteiger partial charge >= 0.3 is 6.18 Å². The number of likely N-dealkylation sites (N-methyl/N-ethyl adjacent to an activating group) is 1. The lowest BCUT2D eigenvalue weighted by Gasteiger charge is -2.34. The number of hydrogen-bond donors (Lipinski definition) is 1. The molecule has 2 heterocycles. The first-order chi connectivity index (χ1) is 17.7. The molecule has 0 saturated carbocycles. The second-order valence-corrected chi connectivity index (χ2v) is 9.95. The van der Waals surface area contributed by atoms with Crippen LogP contribution in [0.2, 0.25) is 5.15 Å². The van der Waals surface area contributed by atoms with Gasteiger partial charge < -0.3 is 15.1 Å². The normalized spacial score (nSPS) is 14.6. The number of thioether (sulfide) groups is 1. The predicted molar refractivity (Wildman–Crippen MR) is 140 cm³/mol. The molecule has 1 aliphatic heterocycles. The van der Waals surface area contributed by atoms with Gasteiger partial charge in [0.2, 0.25) is 0 Å². The van der Waals surface area contributed by atoms with Crippen molar-refractivity contribution in [1.29, 1.82) is 0 Å². The van der Waals surface area contributed by atoms with Gasteiger partial charge in [0, 0.05) is 50.1 Å². The van der Waals surface area contributed by atoms with Gasteiger partial charge in [-0.15, -0.1) is 0 Å². The average Bonchev–Trinajstić information content (AvgIpc) is 2.90. The number of nitrogens with zero attached hydrogens (tertiary/aromatic N) is 4. The van der Waals surface area contributed by atoms with Crippen molar-refractivity contribution in [3.8, 4) is 0 Å². The SMILES string of the molecule is CCN1CCN(c2cc(Cl)nc(SCc3ccc(C(=O)NCc4cccc(C(F)(F)F)c4)cc3)n2)CC1. The number of piperazine rings is 1. The first-order valence-corrected chi connectivity index (χ1v) is 13.3. The van der Waals surface area contributed by atoms with Gasteiger partial charge in [-0.05, 0) is 41.9 Å². The van der Waals surface area contributed by atoms with Crippen LogP contribution < -0.4 is 10.2 Å². The van der Waals surface area contributed by atoms with Crippen LogP contribution in [0.5, 0.6) is 0 Å². The zero-order valence-corrected chi connectivity index (χ0v) is 21.8. The summed E-state index contributed by atoms with van der Waals surface area (Å²) >= 11 is 7.73. The summed E-state index contributed by atoms with van der Waals surface area (Å²) in [5.74, 6) is 1.06. The highest BCUT2D eigenvalue weighted by molar-refractivity contribution is 7.98. The fourth-order valence-electron chi connectivity index (χ4n) is 3.95. The maximum atomic E-state index is 12.9. The van der Waals surface area contributed by atoms with Gasteiger partial charge in [0.25, 0.3) is 5.91 Å². The van der Waals surface area contributed by atoms with Crippen LogP contribution >= 0.6 is 23.4 Å².